The first-order valence-electron chi connectivity index (χ1n) is 6.63. The standard InChI is InChI=1S/C13H24N4O/c1-10-13(11(2)16(3)15-10)12(8-14)9-17-4-6-18-7-5-17/h12H,4-9,14H2,1-3H3. The van der Waals surface area contributed by atoms with Gasteiger partial charge in [0.05, 0.1) is 18.9 Å². The normalized spacial score (nSPS) is 19.1. The number of hydrogen-bond donors (Lipinski definition) is 1. The van der Waals surface area contributed by atoms with Crippen LogP contribution >= 0.6 is 0 Å². The second kappa shape index (κ2) is 5.82. The van der Waals surface area contributed by atoms with Gasteiger partial charge in [-0.15, -0.1) is 0 Å². The van der Waals surface area contributed by atoms with Crippen molar-refractivity contribution in [1.29, 1.82) is 0 Å². The lowest BCUT2D eigenvalue weighted by atomic mass is 9.96. The highest BCUT2D eigenvalue weighted by Gasteiger charge is 2.22. The summed E-state index contributed by atoms with van der Waals surface area (Å²) in [5.74, 6) is 0.372. The van der Waals surface area contributed by atoms with Crippen LogP contribution in [0, 0.1) is 13.8 Å². The van der Waals surface area contributed by atoms with Crippen LogP contribution in [0.5, 0.6) is 0 Å². The lowest BCUT2D eigenvalue weighted by molar-refractivity contribution is 0.0353. The van der Waals surface area contributed by atoms with E-state index >= 15 is 0 Å². The zero-order valence-corrected chi connectivity index (χ0v) is 11.6. The molecule has 1 aliphatic heterocycles. The van der Waals surface area contributed by atoms with E-state index in [-0.39, 0.29) is 0 Å². The van der Waals surface area contributed by atoms with Crippen LogP contribution in [0.4, 0.5) is 0 Å². The highest BCUT2D eigenvalue weighted by atomic mass is 16.5. The second-order valence-corrected chi connectivity index (χ2v) is 5.05. The highest BCUT2D eigenvalue weighted by Crippen LogP contribution is 2.23. The Morgan fingerprint density at radius 2 is 2.00 bits per heavy atom. The molecule has 5 heteroatoms. The van der Waals surface area contributed by atoms with Crippen LogP contribution in [-0.2, 0) is 11.8 Å². The maximum absolute atomic E-state index is 5.97. The van der Waals surface area contributed by atoms with Crippen LogP contribution in [0.2, 0.25) is 0 Å². The first-order chi connectivity index (χ1) is 8.63. The molecule has 2 rings (SSSR count). The van der Waals surface area contributed by atoms with Crippen molar-refractivity contribution in [3.8, 4) is 0 Å². The number of nitrogens with zero attached hydrogens (tertiary/aromatic N) is 3. The first kappa shape index (κ1) is 13.5. The van der Waals surface area contributed by atoms with Gasteiger partial charge in [-0.3, -0.25) is 9.58 Å². The molecule has 1 aromatic heterocycles. The van der Waals surface area contributed by atoms with Gasteiger partial charge < -0.3 is 10.5 Å². The molecule has 102 valence electrons. The molecular formula is C13H24N4O. The number of ether oxygens (including phenoxy) is 1. The molecular weight excluding hydrogens is 228 g/mol. The summed E-state index contributed by atoms with van der Waals surface area (Å²) < 4.78 is 7.33. The minimum atomic E-state index is 0.372. The molecule has 0 amide bonds. The van der Waals surface area contributed by atoms with E-state index in [0.29, 0.717) is 12.5 Å². The molecule has 0 saturated carbocycles. The van der Waals surface area contributed by atoms with Gasteiger partial charge in [-0.1, -0.05) is 0 Å². The van der Waals surface area contributed by atoms with Crippen molar-refractivity contribution in [2.24, 2.45) is 12.8 Å². The molecule has 18 heavy (non-hydrogen) atoms. The van der Waals surface area contributed by atoms with Crippen molar-refractivity contribution < 1.29 is 4.74 Å². The smallest absolute Gasteiger partial charge is 0.0632 e. The van der Waals surface area contributed by atoms with Crippen molar-refractivity contribution in [2.75, 3.05) is 39.4 Å². The average molecular weight is 252 g/mol. The van der Waals surface area contributed by atoms with E-state index in [2.05, 4.69) is 23.8 Å². The van der Waals surface area contributed by atoms with E-state index in [9.17, 15) is 0 Å². The summed E-state index contributed by atoms with van der Waals surface area (Å²) >= 11 is 0. The van der Waals surface area contributed by atoms with Gasteiger partial charge in [0.1, 0.15) is 0 Å². The third-order valence-electron chi connectivity index (χ3n) is 3.84. The molecule has 1 unspecified atom stereocenters. The summed E-state index contributed by atoms with van der Waals surface area (Å²) in [6, 6.07) is 0. The molecule has 0 aliphatic carbocycles. The van der Waals surface area contributed by atoms with Crippen molar-refractivity contribution in [2.45, 2.75) is 19.8 Å². The summed E-state index contributed by atoms with van der Waals surface area (Å²) in [7, 11) is 1.99. The third-order valence-corrected chi connectivity index (χ3v) is 3.84. The predicted octanol–water partition coefficient (Wildman–Crippen LogP) is 0.411. The van der Waals surface area contributed by atoms with E-state index in [1.54, 1.807) is 0 Å². The first-order valence-corrected chi connectivity index (χ1v) is 6.63. The van der Waals surface area contributed by atoms with Gasteiger partial charge in [-0.25, -0.2) is 0 Å². The van der Waals surface area contributed by atoms with Gasteiger partial charge in [0.25, 0.3) is 0 Å². The van der Waals surface area contributed by atoms with E-state index in [1.165, 1.54) is 11.3 Å². The van der Waals surface area contributed by atoms with E-state index in [0.717, 1.165) is 38.5 Å². The van der Waals surface area contributed by atoms with Crippen LogP contribution < -0.4 is 5.73 Å². The molecule has 0 bridgehead atoms. The summed E-state index contributed by atoms with van der Waals surface area (Å²) in [6.45, 7) is 9.56. The number of morpholine rings is 1. The quantitative estimate of drug-likeness (QED) is 0.843. The summed E-state index contributed by atoms with van der Waals surface area (Å²) in [4.78, 5) is 2.44. The molecule has 0 aromatic carbocycles. The zero-order valence-electron chi connectivity index (χ0n) is 11.6. The Bertz CT molecular complexity index is 396. The summed E-state index contributed by atoms with van der Waals surface area (Å²) in [5.41, 5.74) is 9.64. The van der Waals surface area contributed by atoms with Crippen molar-refractivity contribution in [3.63, 3.8) is 0 Å². The fourth-order valence-electron chi connectivity index (χ4n) is 2.76. The number of hydrogen-bond acceptors (Lipinski definition) is 4. The van der Waals surface area contributed by atoms with Crippen LogP contribution in [0.1, 0.15) is 22.9 Å². The number of aromatic nitrogens is 2. The van der Waals surface area contributed by atoms with Crippen molar-refractivity contribution >= 4 is 0 Å². The fraction of sp³-hybridized carbons (Fsp3) is 0.769. The van der Waals surface area contributed by atoms with Gasteiger partial charge in [0.15, 0.2) is 0 Å². The highest BCUT2D eigenvalue weighted by molar-refractivity contribution is 5.29. The minimum Gasteiger partial charge on any atom is -0.379 e. The molecule has 1 aliphatic rings. The fourth-order valence-corrected chi connectivity index (χ4v) is 2.76. The molecule has 5 nitrogen and oxygen atoms in total. The third kappa shape index (κ3) is 2.74. The molecule has 1 saturated heterocycles. The number of aryl methyl sites for hydroxylation is 2. The molecule has 1 fully saturated rings. The van der Waals surface area contributed by atoms with Crippen LogP contribution in [-0.4, -0.2) is 54.1 Å². The lowest BCUT2D eigenvalue weighted by Crippen LogP contribution is -2.40. The van der Waals surface area contributed by atoms with E-state index in [4.69, 9.17) is 10.5 Å². The number of rotatable bonds is 4. The Morgan fingerprint density at radius 1 is 1.33 bits per heavy atom. The van der Waals surface area contributed by atoms with Gasteiger partial charge >= 0.3 is 0 Å². The van der Waals surface area contributed by atoms with Gasteiger partial charge in [-0.05, 0) is 13.8 Å². The minimum absolute atomic E-state index is 0.372. The van der Waals surface area contributed by atoms with Crippen LogP contribution in [0.25, 0.3) is 0 Å². The molecule has 0 radical (unpaired) electrons. The monoisotopic (exact) mass is 252 g/mol. The van der Waals surface area contributed by atoms with Crippen LogP contribution in [0.3, 0.4) is 0 Å². The second-order valence-electron chi connectivity index (χ2n) is 5.05. The largest absolute Gasteiger partial charge is 0.379 e. The Hall–Kier alpha value is -0.910. The Labute approximate surface area is 109 Å². The molecule has 2 N–H and O–H groups in total. The molecule has 1 aromatic rings. The van der Waals surface area contributed by atoms with E-state index in [1.807, 2.05) is 11.7 Å². The van der Waals surface area contributed by atoms with Crippen LogP contribution in [0.15, 0.2) is 0 Å². The Kier molecular flexibility index (Phi) is 4.37. The average Bonchev–Trinajstić information content (AvgIpc) is 2.62. The predicted molar refractivity (Wildman–Crippen MR) is 71.7 cm³/mol. The van der Waals surface area contributed by atoms with Gasteiger partial charge in [0.2, 0.25) is 0 Å². The molecule has 2 heterocycles. The van der Waals surface area contributed by atoms with Gasteiger partial charge in [0, 0.05) is 50.4 Å². The maximum atomic E-state index is 5.97. The van der Waals surface area contributed by atoms with Crippen molar-refractivity contribution in [1.82, 2.24) is 14.7 Å². The Morgan fingerprint density at radius 3 is 2.50 bits per heavy atom. The molecule has 1 atom stereocenters. The Balaban J connectivity index is 2.12. The number of nitrogens with two attached hydrogens (primary N) is 1. The summed E-state index contributed by atoms with van der Waals surface area (Å²) in [5, 5.41) is 4.49. The zero-order chi connectivity index (χ0) is 13.1. The molecule has 0 spiro atoms. The summed E-state index contributed by atoms with van der Waals surface area (Å²) in [6.07, 6.45) is 0. The van der Waals surface area contributed by atoms with Crippen molar-refractivity contribution in [3.05, 3.63) is 17.0 Å². The topological polar surface area (TPSA) is 56.3 Å². The van der Waals surface area contributed by atoms with E-state index < -0.39 is 0 Å². The lowest BCUT2D eigenvalue weighted by Gasteiger charge is -2.30. The van der Waals surface area contributed by atoms with Gasteiger partial charge in [-0.2, -0.15) is 5.10 Å². The SMILES string of the molecule is Cc1nn(C)c(C)c1C(CN)CN1CCOCC1. The maximum Gasteiger partial charge on any atom is 0.0632 e.